The van der Waals surface area contributed by atoms with Crippen LogP contribution in [-0.4, -0.2) is 9.38 Å². The lowest BCUT2D eigenvalue weighted by Crippen LogP contribution is -2.26. The molecule has 0 fully saturated rings. The number of nitrogens with zero attached hydrogens (tertiary/aromatic N) is 2. The van der Waals surface area contributed by atoms with Crippen molar-refractivity contribution in [2.24, 2.45) is 0 Å². The molecule has 2 aromatic heterocycles. The van der Waals surface area contributed by atoms with E-state index in [-0.39, 0.29) is 0 Å². The first kappa shape index (κ1) is 33.7. The van der Waals surface area contributed by atoms with Gasteiger partial charge in [-0.1, -0.05) is 182 Å². The second kappa shape index (κ2) is 13.0. The SMILES string of the molecule is O=P(c1ccccc1)(c1ccc2c(ccc3ccccc32)c1)c1cccc2c1nc1c3c(P(=O)(c4ccccc4)c4ccccc4)cccc3c3ccccc3n21. The Bertz CT molecular complexity index is 3430. The number of imidazole rings is 1. The van der Waals surface area contributed by atoms with Gasteiger partial charge in [-0.15, -0.1) is 0 Å². The molecule has 57 heavy (non-hydrogen) atoms. The highest BCUT2D eigenvalue weighted by Crippen LogP contribution is 2.48. The Labute approximate surface area is 329 Å². The van der Waals surface area contributed by atoms with Crippen molar-refractivity contribution in [1.82, 2.24) is 9.38 Å². The number of benzene rings is 9. The van der Waals surface area contributed by atoms with Crippen molar-refractivity contribution in [1.29, 1.82) is 0 Å². The molecule has 0 amide bonds. The largest absolute Gasteiger partial charge is 0.309 e. The molecule has 0 aliphatic carbocycles. The Morgan fingerprint density at radius 2 is 0.877 bits per heavy atom. The van der Waals surface area contributed by atoms with Crippen molar-refractivity contribution in [3.63, 3.8) is 0 Å². The van der Waals surface area contributed by atoms with Crippen LogP contribution in [0.1, 0.15) is 0 Å². The fraction of sp³-hybridized carbons (Fsp3) is 0. The zero-order valence-corrected chi connectivity index (χ0v) is 32.5. The van der Waals surface area contributed by atoms with E-state index in [4.69, 9.17) is 4.98 Å². The third kappa shape index (κ3) is 4.98. The van der Waals surface area contributed by atoms with E-state index < -0.39 is 14.3 Å². The highest BCUT2D eigenvalue weighted by molar-refractivity contribution is 7.86. The molecule has 11 rings (SSSR count). The first-order valence-electron chi connectivity index (χ1n) is 19.1. The predicted octanol–water partition coefficient (Wildman–Crippen LogP) is 10.4. The standard InChI is InChI=1S/C51H34N2O2P2/c54-56(37-17-4-1-5-18-37,38-19-6-2-7-20-38)47-28-14-25-44-43-24-12-13-26-45(43)53-46-27-15-29-48(50(46)52-51(53)49(44)47)57(55,39-21-8-3-9-22-39)40-32-33-42-36(34-40)31-30-35-16-10-11-23-41(35)42/h1-34H. The molecule has 11 aromatic rings. The molecule has 0 aliphatic heterocycles. The average molecular weight is 769 g/mol. The summed E-state index contributed by atoms with van der Waals surface area (Å²) >= 11 is 0. The Morgan fingerprint density at radius 3 is 1.58 bits per heavy atom. The van der Waals surface area contributed by atoms with Gasteiger partial charge in [0.05, 0.1) is 11.0 Å². The van der Waals surface area contributed by atoms with Crippen LogP contribution < -0.4 is 31.8 Å². The average Bonchev–Trinajstić information content (AvgIpc) is 3.69. The number of hydrogen-bond donors (Lipinski definition) is 0. The summed E-state index contributed by atoms with van der Waals surface area (Å²) in [5.41, 5.74) is 3.15. The van der Waals surface area contributed by atoms with Gasteiger partial charge in [0.15, 0.2) is 14.3 Å². The molecule has 0 bridgehead atoms. The molecular weight excluding hydrogens is 735 g/mol. The number of rotatable bonds is 6. The number of fused-ring (bicyclic) bond motifs is 11. The van der Waals surface area contributed by atoms with Crippen molar-refractivity contribution in [2.45, 2.75) is 0 Å². The van der Waals surface area contributed by atoms with Crippen molar-refractivity contribution < 1.29 is 9.13 Å². The van der Waals surface area contributed by atoms with E-state index in [1.165, 1.54) is 5.39 Å². The van der Waals surface area contributed by atoms with Crippen molar-refractivity contribution in [3.05, 3.63) is 206 Å². The minimum atomic E-state index is -3.53. The van der Waals surface area contributed by atoms with Gasteiger partial charge >= 0.3 is 0 Å². The molecule has 0 saturated carbocycles. The Balaban J connectivity index is 1.27. The maximum Gasteiger partial charge on any atom is 0.173 e. The summed E-state index contributed by atoms with van der Waals surface area (Å²) in [7, 11) is -6.97. The molecule has 0 aliphatic rings. The molecule has 0 radical (unpaired) electrons. The second-order valence-electron chi connectivity index (χ2n) is 14.5. The zero-order valence-electron chi connectivity index (χ0n) is 30.7. The fourth-order valence-electron chi connectivity index (χ4n) is 8.87. The van der Waals surface area contributed by atoms with E-state index in [9.17, 15) is 0 Å². The summed E-state index contributed by atoms with van der Waals surface area (Å²) in [6.45, 7) is 0. The van der Waals surface area contributed by atoms with Gasteiger partial charge in [0.1, 0.15) is 11.2 Å². The number of pyridine rings is 1. The first-order chi connectivity index (χ1) is 28.0. The van der Waals surface area contributed by atoms with Crippen molar-refractivity contribution in [3.8, 4) is 0 Å². The molecule has 6 heteroatoms. The van der Waals surface area contributed by atoms with Crippen molar-refractivity contribution in [2.75, 3.05) is 0 Å². The third-order valence-corrected chi connectivity index (χ3v) is 17.7. The van der Waals surface area contributed by atoms with Gasteiger partial charge in [0.2, 0.25) is 0 Å². The zero-order chi connectivity index (χ0) is 38.1. The Hall–Kier alpha value is -6.57. The minimum absolute atomic E-state index is 0.657. The van der Waals surface area contributed by atoms with Crippen LogP contribution in [0.4, 0.5) is 0 Å². The van der Waals surface area contributed by atoms with Crippen LogP contribution in [0.2, 0.25) is 0 Å². The molecule has 270 valence electrons. The van der Waals surface area contributed by atoms with Gasteiger partial charge in [-0.05, 0) is 51.2 Å². The van der Waals surface area contributed by atoms with Crippen LogP contribution in [0, 0.1) is 0 Å². The van der Waals surface area contributed by atoms with E-state index >= 15 is 9.13 Å². The van der Waals surface area contributed by atoms with E-state index in [2.05, 4.69) is 77.2 Å². The number of para-hydroxylation sites is 2. The van der Waals surface area contributed by atoms with Gasteiger partial charge in [0.25, 0.3) is 0 Å². The maximum absolute atomic E-state index is 16.4. The normalized spacial score (nSPS) is 13.2. The number of hydrogen-bond acceptors (Lipinski definition) is 3. The Morgan fingerprint density at radius 1 is 0.368 bits per heavy atom. The maximum atomic E-state index is 16.4. The molecular formula is C51H34N2O2P2. The van der Waals surface area contributed by atoms with Crippen LogP contribution in [0.3, 0.4) is 0 Å². The van der Waals surface area contributed by atoms with Gasteiger partial charge in [-0.25, -0.2) is 4.98 Å². The predicted molar refractivity (Wildman–Crippen MR) is 242 cm³/mol. The first-order valence-corrected chi connectivity index (χ1v) is 22.5. The lowest BCUT2D eigenvalue weighted by Gasteiger charge is -2.22. The highest BCUT2D eigenvalue weighted by atomic mass is 31.2. The van der Waals surface area contributed by atoms with Gasteiger partial charge in [-0.3, -0.25) is 4.40 Å². The quantitative estimate of drug-likeness (QED) is 0.125. The van der Waals surface area contributed by atoms with E-state index in [1.807, 2.05) is 133 Å². The van der Waals surface area contributed by atoms with Crippen LogP contribution in [-0.2, 0) is 9.13 Å². The topological polar surface area (TPSA) is 51.4 Å². The fourth-order valence-corrected chi connectivity index (χ4v) is 14.6. The summed E-state index contributed by atoms with van der Waals surface area (Å²) in [6.07, 6.45) is 0. The highest BCUT2D eigenvalue weighted by Gasteiger charge is 2.35. The summed E-state index contributed by atoms with van der Waals surface area (Å²) < 4.78 is 34.8. The lowest BCUT2D eigenvalue weighted by molar-refractivity contribution is 0.592. The van der Waals surface area contributed by atoms with Gasteiger partial charge in [-0.2, -0.15) is 0 Å². The molecule has 0 spiro atoms. The van der Waals surface area contributed by atoms with Gasteiger partial charge in [0, 0.05) is 42.6 Å². The molecule has 0 saturated heterocycles. The van der Waals surface area contributed by atoms with E-state index in [0.29, 0.717) is 16.5 Å². The minimum Gasteiger partial charge on any atom is -0.309 e. The van der Waals surface area contributed by atoms with Crippen LogP contribution in [0.5, 0.6) is 0 Å². The third-order valence-electron chi connectivity index (χ3n) is 11.5. The lowest BCUT2D eigenvalue weighted by atomic mass is 10.0. The molecule has 2 heterocycles. The molecule has 9 aromatic carbocycles. The van der Waals surface area contributed by atoms with Crippen LogP contribution in [0.25, 0.3) is 59.9 Å². The summed E-state index contributed by atoms with van der Waals surface area (Å²) in [6, 6.07) is 68.8. The molecule has 0 N–H and O–H groups in total. The second-order valence-corrected chi connectivity index (χ2v) is 20.0. The van der Waals surface area contributed by atoms with E-state index in [0.717, 1.165) is 69.9 Å². The van der Waals surface area contributed by atoms with Crippen molar-refractivity contribution >= 4 is 106 Å². The molecule has 1 unspecified atom stereocenters. The van der Waals surface area contributed by atoms with Gasteiger partial charge < -0.3 is 9.13 Å². The summed E-state index contributed by atoms with van der Waals surface area (Å²) in [5, 5.41) is 11.7. The molecule has 4 nitrogen and oxygen atoms in total. The molecule has 1 atom stereocenters. The smallest absolute Gasteiger partial charge is 0.173 e. The van der Waals surface area contributed by atoms with Crippen LogP contribution in [0.15, 0.2) is 206 Å². The Kier molecular flexibility index (Phi) is 7.70. The number of aromatic nitrogens is 2. The summed E-state index contributed by atoms with van der Waals surface area (Å²) in [5.74, 6) is 0. The van der Waals surface area contributed by atoms with Crippen LogP contribution >= 0.6 is 14.3 Å². The summed E-state index contributed by atoms with van der Waals surface area (Å²) in [4.78, 5) is 5.54. The van der Waals surface area contributed by atoms with E-state index in [1.54, 1.807) is 0 Å². The monoisotopic (exact) mass is 768 g/mol.